The molecule has 4 rings (SSSR count). The topological polar surface area (TPSA) is 46.8 Å². The van der Waals surface area contributed by atoms with Gasteiger partial charge in [0.05, 0.1) is 5.69 Å². The van der Waals surface area contributed by atoms with Gasteiger partial charge in [-0.25, -0.2) is 4.68 Å². The molecular formula is C17H15BrClN5. The second-order valence-electron chi connectivity index (χ2n) is 5.81. The molecule has 0 bridgehead atoms. The summed E-state index contributed by atoms with van der Waals surface area (Å²) >= 11 is 9.99. The number of hydrogen-bond donors (Lipinski definition) is 0. The Labute approximate surface area is 153 Å². The molecule has 0 aliphatic carbocycles. The van der Waals surface area contributed by atoms with Crippen LogP contribution < -0.4 is 4.90 Å². The molecule has 2 aromatic heterocycles. The van der Waals surface area contributed by atoms with E-state index in [0.717, 1.165) is 46.1 Å². The summed E-state index contributed by atoms with van der Waals surface area (Å²) < 4.78 is 2.85. The van der Waals surface area contributed by atoms with Gasteiger partial charge in [-0.05, 0) is 54.8 Å². The van der Waals surface area contributed by atoms with Gasteiger partial charge >= 0.3 is 0 Å². The number of aryl methyl sites for hydroxylation is 1. The van der Waals surface area contributed by atoms with Crippen molar-refractivity contribution in [1.29, 1.82) is 0 Å². The van der Waals surface area contributed by atoms with Crippen LogP contribution in [0, 0.1) is 6.92 Å². The zero-order valence-corrected chi connectivity index (χ0v) is 15.4. The lowest BCUT2D eigenvalue weighted by atomic mass is 10.00. The van der Waals surface area contributed by atoms with E-state index in [1.165, 1.54) is 5.56 Å². The normalized spacial score (nSPS) is 13.9. The first-order chi connectivity index (χ1) is 11.6. The zero-order valence-electron chi connectivity index (χ0n) is 13.1. The van der Waals surface area contributed by atoms with E-state index in [9.17, 15) is 0 Å². The highest BCUT2D eigenvalue weighted by Crippen LogP contribution is 2.33. The first-order valence-corrected chi connectivity index (χ1v) is 8.86. The number of halogens is 2. The lowest BCUT2D eigenvalue weighted by Crippen LogP contribution is -2.31. The van der Waals surface area contributed by atoms with Gasteiger partial charge in [-0.3, -0.25) is 0 Å². The van der Waals surface area contributed by atoms with Crippen molar-refractivity contribution in [2.75, 3.05) is 11.4 Å². The average Bonchev–Trinajstić information content (AvgIpc) is 3.05. The average molecular weight is 405 g/mol. The minimum absolute atomic E-state index is 0.713. The highest BCUT2D eigenvalue weighted by Gasteiger charge is 2.22. The number of nitrogens with zero attached hydrogens (tertiary/aromatic N) is 5. The second kappa shape index (κ2) is 6.18. The Morgan fingerprint density at radius 3 is 2.54 bits per heavy atom. The molecule has 1 aliphatic heterocycles. The highest BCUT2D eigenvalue weighted by atomic mass is 79.9. The Kier molecular flexibility index (Phi) is 4.02. The van der Waals surface area contributed by atoms with Crippen LogP contribution in [-0.4, -0.2) is 26.5 Å². The van der Waals surface area contributed by atoms with Gasteiger partial charge in [-0.1, -0.05) is 27.5 Å². The van der Waals surface area contributed by atoms with Gasteiger partial charge in [0.15, 0.2) is 11.6 Å². The third kappa shape index (κ3) is 2.80. The first-order valence-electron chi connectivity index (χ1n) is 7.69. The van der Waals surface area contributed by atoms with Crippen molar-refractivity contribution in [3.8, 4) is 5.82 Å². The molecule has 0 N–H and O–H groups in total. The zero-order chi connectivity index (χ0) is 16.7. The van der Waals surface area contributed by atoms with E-state index in [2.05, 4.69) is 36.1 Å². The molecule has 0 saturated carbocycles. The summed E-state index contributed by atoms with van der Waals surface area (Å²) in [5, 5.41) is 13.8. The standard InChI is InChI=1S/C17H15BrClN5/c1-11-6-9-24(22-11)17-5-4-16(20-21-17)23-8-7-12-13(10-23)15(19)3-2-14(12)18/h2-6,9H,7-8,10H2,1H3. The first kappa shape index (κ1) is 15.6. The summed E-state index contributed by atoms with van der Waals surface area (Å²) in [5.41, 5.74) is 3.40. The Balaban J connectivity index is 1.60. The molecule has 0 spiro atoms. The fourth-order valence-electron chi connectivity index (χ4n) is 2.94. The van der Waals surface area contributed by atoms with E-state index in [4.69, 9.17) is 11.6 Å². The van der Waals surface area contributed by atoms with E-state index >= 15 is 0 Å². The fraction of sp³-hybridized carbons (Fsp3) is 0.235. The van der Waals surface area contributed by atoms with Gasteiger partial charge in [-0.2, -0.15) is 5.10 Å². The van der Waals surface area contributed by atoms with Crippen LogP contribution in [0.1, 0.15) is 16.8 Å². The Hall–Kier alpha value is -1.92. The van der Waals surface area contributed by atoms with Crippen molar-refractivity contribution in [1.82, 2.24) is 20.0 Å². The van der Waals surface area contributed by atoms with E-state index in [1.807, 2.05) is 43.5 Å². The van der Waals surface area contributed by atoms with Crippen molar-refractivity contribution < 1.29 is 0 Å². The van der Waals surface area contributed by atoms with Crippen LogP contribution in [0.3, 0.4) is 0 Å². The van der Waals surface area contributed by atoms with Gasteiger partial charge in [0, 0.05) is 28.8 Å². The minimum atomic E-state index is 0.713. The monoisotopic (exact) mass is 403 g/mol. The summed E-state index contributed by atoms with van der Waals surface area (Å²) in [6.07, 6.45) is 2.81. The molecule has 0 radical (unpaired) electrons. The van der Waals surface area contributed by atoms with Gasteiger partial charge in [0.1, 0.15) is 0 Å². The van der Waals surface area contributed by atoms with E-state index in [1.54, 1.807) is 4.68 Å². The largest absolute Gasteiger partial charge is 0.350 e. The van der Waals surface area contributed by atoms with Crippen molar-refractivity contribution in [2.24, 2.45) is 0 Å². The summed E-state index contributed by atoms with van der Waals surface area (Å²) in [6.45, 7) is 3.58. The predicted molar refractivity (Wildman–Crippen MR) is 97.8 cm³/mol. The summed E-state index contributed by atoms with van der Waals surface area (Å²) in [4.78, 5) is 2.20. The molecule has 0 fully saturated rings. The molecule has 5 nitrogen and oxygen atoms in total. The molecule has 24 heavy (non-hydrogen) atoms. The van der Waals surface area contributed by atoms with Crippen LogP contribution in [0.15, 0.2) is 41.0 Å². The third-order valence-corrected chi connectivity index (χ3v) is 5.31. The van der Waals surface area contributed by atoms with Crippen molar-refractivity contribution in [2.45, 2.75) is 19.9 Å². The van der Waals surface area contributed by atoms with Gasteiger partial charge in [-0.15, -0.1) is 10.2 Å². The second-order valence-corrected chi connectivity index (χ2v) is 7.07. The van der Waals surface area contributed by atoms with Gasteiger partial charge in [0.25, 0.3) is 0 Å². The third-order valence-electron chi connectivity index (χ3n) is 4.22. The number of aromatic nitrogens is 4. The molecule has 1 aromatic carbocycles. The highest BCUT2D eigenvalue weighted by molar-refractivity contribution is 9.10. The van der Waals surface area contributed by atoms with Crippen LogP contribution in [-0.2, 0) is 13.0 Å². The Bertz CT molecular complexity index is 890. The lowest BCUT2D eigenvalue weighted by molar-refractivity contribution is 0.705. The quantitative estimate of drug-likeness (QED) is 0.649. The molecule has 0 atom stereocenters. The molecule has 1 aliphatic rings. The number of fused-ring (bicyclic) bond motifs is 1. The molecule has 0 saturated heterocycles. The molecule has 7 heteroatoms. The Morgan fingerprint density at radius 2 is 1.83 bits per heavy atom. The van der Waals surface area contributed by atoms with Crippen molar-refractivity contribution in [3.05, 3.63) is 62.8 Å². The molecule has 3 aromatic rings. The van der Waals surface area contributed by atoms with E-state index in [0.29, 0.717) is 5.82 Å². The maximum atomic E-state index is 6.38. The number of benzene rings is 1. The van der Waals surface area contributed by atoms with Crippen molar-refractivity contribution in [3.63, 3.8) is 0 Å². The van der Waals surface area contributed by atoms with E-state index < -0.39 is 0 Å². The summed E-state index contributed by atoms with van der Waals surface area (Å²) in [6, 6.07) is 9.81. The number of hydrogen-bond acceptors (Lipinski definition) is 4. The van der Waals surface area contributed by atoms with Crippen molar-refractivity contribution >= 4 is 33.3 Å². The lowest BCUT2D eigenvalue weighted by Gasteiger charge is -2.30. The fourth-order valence-corrected chi connectivity index (χ4v) is 3.75. The van der Waals surface area contributed by atoms with Gasteiger partial charge < -0.3 is 4.90 Å². The molecular weight excluding hydrogens is 390 g/mol. The van der Waals surface area contributed by atoms with E-state index in [-0.39, 0.29) is 0 Å². The smallest absolute Gasteiger partial charge is 0.175 e. The summed E-state index contributed by atoms with van der Waals surface area (Å²) in [7, 11) is 0. The molecule has 122 valence electrons. The number of rotatable bonds is 2. The van der Waals surface area contributed by atoms with Crippen LogP contribution in [0.5, 0.6) is 0 Å². The molecule has 0 amide bonds. The molecule has 3 heterocycles. The van der Waals surface area contributed by atoms with Crippen LogP contribution in [0.4, 0.5) is 5.82 Å². The van der Waals surface area contributed by atoms with Gasteiger partial charge in [0.2, 0.25) is 0 Å². The predicted octanol–water partition coefficient (Wildman–Crippen LogP) is 3.95. The number of anilines is 1. The van der Waals surface area contributed by atoms with Crippen LogP contribution >= 0.6 is 27.5 Å². The van der Waals surface area contributed by atoms with Crippen LogP contribution in [0.25, 0.3) is 5.82 Å². The minimum Gasteiger partial charge on any atom is -0.350 e. The maximum absolute atomic E-state index is 6.38. The summed E-state index contributed by atoms with van der Waals surface area (Å²) in [5.74, 6) is 1.56. The SMILES string of the molecule is Cc1ccn(-c2ccc(N3CCc4c(Br)ccc(Cl)c4C3)nn2)n1. The molecule has 0 unspecified atom stereocenters. The van der Waals surface area contributed by atoms with Crippen LogP contribution in [0.2, 0.25) is 5.02 Å². The maximum Gasteiger partial charge on any atom is 0.175 e. The Morgan fingerprint density at radius 1 is 1.04 bits per heavy atom.